The number of aromatic hydroxyl groups is 1. The molecule has 1 aromatic heterocycles. The maximum Gasteiger partial charge on any atom is 0.273 e. The van der Waals surface area contributed by atoms with Gasteiger partial charge in [0.15, 0.2) is 0 Å². The van der Waals surface area contributed by atoms with E-state index in [2.05, 4.69) is 22.4 Å². The van der Waals surface area contributed by atoms with Crippen LogP contribution in [0.4, 0.5) is 5.69 Å². The predicted molar refractivity (Wildman–Crippen MR) is 127 cm³/mol. The van der Waals surface area contributed by atoms with Gasteiger partial charge >= 0.3 is 0 Å². The van der Waals surface area contributed by atoms with Crippen LogP contribution in [-0.4, -0.2) is 47.0 Å². The number of H-pyrrole nitrogens is 1. The quantitative estimate of drug-likeness (QED) is 0.522. The second kappa shape index (κ2) is 8.99. The number of anilines is 1. The van der Waals surface area contributed by atoms with Crippen molar-refractivity contribution in [2.45, 2.75) is 38.5 Å². The summed E-state index contributed by atoms with van der Waals surface area (Å²) >= 11 is 0. The summed E-state index contributed by atoms with van der Waals surface area (Å²) in [6, 6.07) is 11.2. The largest absolute Gasteiger partial charge is 0.507 e. The van der Waals surface area contributed by atoms with Crippen LogP contribution in [-0.2, 0) is 10.0 Å². The van der Waals surface area contributed by atoms with Gasteiger partial charge in [-0.2, -0.15) is 9.40 Å². The molecule has 2 heterocycles. The van der Waals surface area contributed by atoms with E-state index in [1.807, 2.05) is 19.9 Å². The Balaban J connectivity index is 1.47. The number of carbonyl (C=O) groups excluding carboxylic acids is 1. The Morgan fingerprint density at radius 1 is 1.15 bits per heavy atom. The Hall–Kier alpha value is -3.17. The lowest BCUT2D eigenvalue weighted by atomic mass is 10.0. The molecule has 0 unspecified atom stereocenters. The number of phenolic OH excluding ortho intramolecular Hbond substituents is 1. The number of benzene rings is 2. The smallest absolute Gasteiger partial charge is 0.273 e. The van der Waals surface area contributed by atoms with Gasteiger partial charge in [-0.25, -0.2) is 8.42 Å². The molecule has 1 aliphatic rings. The van der Waals surface area contributed by atoms with E-state index < -0.39 is 15.9 Å². The summed E-state index contributed by atoms with van der Waals surface area (Å²) in [6.45, 7) is 6.96. The molecule has 9 heteroatoms. The first-order chi connectivity index (χ1) is 15.6. The topological polar surface area (TPSA) is 115 Å². The lowest BCUT2D eigenvalue weighted by molar-refractivity contribution is 0.102. The summed E-state index contributed by atoms with van der Waals surface area (Å²) in [6.07, 6.45) is 1.90. The molecule has 0 aliphatic carbocycles. The number of aromatic amines is 1. The van der Waals surface area contributed by atoms with Crippen LogP contribution in [0.25, 0.3) is 11.3 Å². The van der Waals surface area contributed by atoms with E-state index in [0.717, 1.165) is 24.0 Å². The molecule has 0 radical (unpaired) electrons. The second-order valence-electron chi connectivity index (χ2n) is 8.71. The number of rotatable bonds is 5. The molecule has 8 nitrogen and oxygen atoms in total. The van der Waals surface area contributed by atoms with Crippen molar-refractivity contribution < 1.29 is 18.3 Å². The average molecular weight is 469 g/mol. The first-order valence-electron chi connectivity index (χ1n) is 10.9. The van der Waals surface area contributed by atoms with Crippen molar-refractivity contribution in [1.82, 2.24) is 14.5 Å². The molecule has 1 aliphatic heterocycles. The van der Waals surface area contributed by atoms with Gasteiger partial charge in [-0.15, -0.1) is 0 Å². The van der Waals surface area contributed by atoms with E-state index in [4.69, 9.17) is 0 Å². The average Bonchev–Trinajstić information content (AvgIpc) is 3.27. The van der Waals surface area contributed by atoms with E-state index in [1.54, 1.807) is 24.3 Å². The zero-order chi connectivity index (χ0) is 23.8. The minimum atomic E-state index is -3.55. The van der Waals surface area contributed by atoms with Crippen LogP contribution in [0.15, 0.2) is 47.4 Å². The SMILES string of the molecule is Cc1cc(O)c(-c2cc(C(=O)Nc3ccc(S(=O)(=O)N4CCC[C@@H](C)C4)cc3)[nH]n2)cc1C. The number of nitrogens with one attached hydrogen (secondary N) is 2. The third-order valence-corrected chi connectivity index (χ3v) is 7.96. The van der Waals surface area contributed by atoms with Crippen molar-refractivity contribution in [3.05, 3.63) is 59.3 Å². The van der Waals surface area contributed by atoms with Crippen molar-refractivity contribution in [2.24, 2.45) is 5.92 Å². The maximum absolute atomic E-state index is 12.9. The summed E-state index contributed by atoms with van der Waals surface area (Å²) in [7, 11) is -3.55. The molecule has 1 saturated heterocycles. The van der Waals surface area contributed by atoms with Gasteiger partial charge in [-0.1, -0.05) is 6.92 Å². The van der Waals surface area contributed by atoms with Gasteiger partial charge < -0.3 is 10.4 Å². The normalized spacial score (nSPS) is 17.1. The Morgan fingerprint density at radius 3 is 2.55 bits per heavy atom. The molecule has 1 atom stereocenters. The number of amides is 1. The van der Waals surface area contributed by atoms with E-state index in [0.29, 0.717) is 36.0 Å². The molecule has 2 aromatic carbocycles. The fourth-order valence-corrected chi connectivity index (χ4v) is 5.60. The Kier molecular flexibility index (Phi) is 6.27. The van der Waals surface area contributed by atoms with E-state index >= 15 is 0 Å². The van der Waals surface area contributed by atoms with Crippen molar-refractivity contribution >= 4 is 21.6 Å². The summed E-state index contributed by atoms with van der Waals surface area (Å²) in [5.41, 5.74) is 3.65. The van der Waals surface area contributed by atoms with Crippen molar-refractivity contribution in [2.75, 3.05) is 18.4 Å². The zero-order valence-electron chi connectivity index (χ0n) is 18.9. The van der Waals surface area contributed by atoms with Gasteiger partial charge in [0.1, 0.15) is 11.4 Å². The van der Waals surface area contributed by atoms with Crippen molar-refractivity contribution in [3.63, 3.8) is 0 Å². The van der Waals surface area contributed by atoms with Crippen LogP contribution in [0.2, 0.25) is 0 Å². The Morgan fingerprint density at radius 2 is 1.85 bits per heavy atom. The number of phenols is 1. The van der Waals surface area contributed by atoms with E-state index in [9.17, 15) is 18.3 Å². The lowest BCUT2D eigenvalue weighted by Gasteiger charge is -2.30. The number of hydrogen-bond donors (Lipinski definition) is 3. The van der Waals surface area contributed by atoms with Crippen LogP contribution in [0, 0.1) is 19.8 Å². The molecular formula is C24H28N4O4S. The van der Waals surface area contributed by atoms with Crippen LogP contribution >= 0.6 is 0 Å². The van der Waals surface area contributed by atoms with Crippen LogP contribution < -0.4 is 5.32 Å². The molecule has 3 N–H and O–H groups in total. The van der Waals surface area contributed by atoms with Gasteiger partial charge in [0.25, 0.3) is 5.91 Å². The molecule has 174 valence electrons. The van der Waals surface area contributed by atoms with Gasteiger partial charge in [0.2, 0.25) is 10.0 Å². The fraction of sp³-hybridized carbons (Fsp3) is 0.333. The van der Waals surface area contributed by atoms with Gasteiger partial charge in [-0.05, 0) is 86.2 Å². The molecule has 0 saturated carbocycles. The highest BCUT2D eigenvalue weighted by molar-refractivity contribution is 7.89. The highest BCUT2D eigenvalue weighted by Crippen LogP contribution is 2.31. The minimum Gasteiger partial charge on any atom is -0.507 e. The standard InChI is InChI=1S/C24H28N4O4S/c1-15-5-4-10-28(14-15)33(31,32)19-8-6-18(7-9-19)25-24(30)22-13-21(26-27-22)20-11-16(2)17(3)12-23(20)29/h6-9,11-13,15,29H,4-5,10,14H2,1-3H3,(H,25,30)(H,26,27)/t15-/m1/s1. The molecule has 1 amide bonds. The minimum absolute atomic E-state index is 0.0939. The number of sulfonamides is 1. The van der Waals surface area contributed by atoms with Gasteiger partial charge in [-0.3, -0.25) is 9.89 Å². The van der Waals surface area contributed by atoms with Crippen LogP contribution in [0.5, 0.6) is 5.75 Å². The number of nitrogens with zero attached hydrogens (tertiary/aromatic N) is 2. The molecule has 4 rings (SSSR count). The second-order valence-corrected chi connectivity index (χ2v) is 10.6. The monoisotopic (exact) mass is 468 g/mol. The number of hydrogen-bond acceptors (Lipinski definition) is 5. The summed E-state index contributed by atoms with van der Waals surface area (Å²) in [5.74, 6) is 0.0195. The number of carbonyl (C=O) groups is 1. The molecule has 1 fully saturated rings. The highest BCUT2D eigenvalue weighted by Gasteiger charge is 2.28. The molecule has 0 spiro atoms. The van der Waals surface area contributed by atoms with Crippen LogP contribution in [0.3, 0.4) is 0 Å². The number of aromatic nitrogens is 2. The van der Waals surface area contributed by atoms with Crippen molar-refractivity contribution in [1.29, 1.82) is 0 Å². The summed E-state index contributed by atoms with van der Waals surface area (Å²) in [4.78, 5) is 12.9. The van der Waals surface area contributed by atoms with Gasteiger partial charge in [0, 0.05) is 24.3 Å². The molecule has 0 bridgehead atoms. The van der Waals surface area contributed by atoms with Gasteiger partial charge in [0.05, 0.1) is 10.6 Å². The summed E-state index contributed by atoms with van der Waals surface area (Å²) in [5, 5.41) is 19.8. The van der Waals surface area contributed by atoms with Crippen LogP contribution in [0.1, 0.15) is 41.4 Å². The number of aryl methyl sites for hydroxylation is 2. The number of piperidine rings is 1. The predicted octanol–water partition coefficient (Wildman–Crippen LogP) is 4.07. The molecule has 3 aromatic rings. The van der Waals surface area contributed by atoms with Crippen molar-refractivity contribution in [3.8, 4) is 17.0 Å². The lowest BCUT2D eigenvalue weighted by Crippen LogP contribution is -2.39. The summed E-state index contributed by atoms with van der Waals surface area (Å²) < 4.78 is 27.3. The molecular weight excluding hydrogens is 440 g/mol. The third-order valence-electron chi connectivity index (χ3n) is 6.08. The van der Waals surface area contributed by atoms with E-state index in [1.165, 1.54) is 16.4 Å². The first kappa shape index (κ1) is 23.0. The zero-order valence-corrected chi connectivity index (χ0v) is 19.7. The third kappa shape index (κ3) is 4.79. The molecule has 33 heavy (non-hydrogen) atoms. The first-order valence-corrected chi connectivity index (χ1v) is 12.4. The Labute approximate surface area is 193 Å². The van der Waals surface area contributed by atoms with E-state index in [-0.39, 0.29) is 16.3 Å². The maximum atomic E-state index is 12.9. The highest BCUT2D eigenvalue weighted by atomic mass is 32.2. The Bertz CT molecular complexity index is 1280. The fourth-order valence-electron chi connectivity index (χ4n) is 4.00.